The highest BCUT2D eigenvalue weighted by Crippen LogP contribution is 2.39. The summed E-state index contributed by atoms with van der Waals surface area (Å²) >= 11 is 0. The first-order chi connectivity index (χ1) is 7.58. The molecule has 2 rings (SSSR count). The molecule has 0 spiro atoms. The van der Waals surface area contributed by atoms with E-state index in [-0.39, 0.29) is 17.5 Å². The Balaban J connectivity index is 2.27. The average molecular weight is 222 g/mol. The van der Waals surface area contributed by atoms with Gasteiger partial charge in [0.2, 0.25) is 0 Å². The molecule has 1 fully saturated rings. The van der Waals surface area contributed by atoms with Crippen molar-refractivity contribution in [3.8, 4) is 5.75 Å². The normalized spacial score (nSPS) is 17.1. The van der Waals surface area contributed by atoms with Gasteiger partial charge >= 0.3 is 0 Å². The molecule has 0 amide bonds. The predicted molar refractivity (Wildman–Crippen MR) is 59.0 cm³/mol. The SMILES string of the molecule is N[C@H](CC1CC1)c1cc(O)ccc1[N+](=O)[O-]. The van der Waals surface area contributed by atoms with Crippen LogP contribution in [0.15, 0.2) is 18.2 Å². The van der Waals surface area contributed by atoms with Crippen molar-refractivity contribution in [3.63, 3.8) is 0 Å². The Bertz CT molecular complexity index is 416. The molecule has 1 saturated carbocycles. The molecule has 0 aliphatic heterocycles. The fraction of sp³-hybridized carbons (Fsp3) is 0.455. The fourth-order valence-corrected chi connectivity index (χ4v) is 1.84. The standard InChI is InChI=1S/C11H14N2O3/c12-10(5-7-1-2-7)9-6-8(14)3-4-11(9)13(15)16/h3-4,6-7,10,14H,1-2,5,12H2/t10-/m1/s1. The number of aromatic hydroxyl groups is 1. The van der Waals surface area contributed by atoms with E-state index in [4.69, 9.17) is 5.73 Å². The van der Waals surface area contributed by atoms with Crippen LogP contribution in [0.4, 0.5) is 5.69 Å². The minimum atomic E-state index is -0.457. The van der Waals surface area contributed by atoms with E-state index >= 15 is 0 Å². The molecule has 0 heterocycles. The summed E-state index contributed by atoms with van der Waals surface area (Å²) in [5, 5.41) is 20.1. The second-order valence-electron chi connectivity index (χ2n) is 4.29. The molecular formula is C11H14N2O3. The van der Waals surface area contributed by atoms with Crippen molar-refractivity contribution in [2.24, 2.45) is 11.7 Å². The Hall–Kier alpha value is -1.62. The van der Waals surface area contributed by atoms with E-state index < -0.39 is 4.92 Å². The van der Waals surface area contributed by atoms with Gasteiger partial charge in [-0.15, -0.1) is 0 Å². The first kappa shape index (κ1) is 10.9. The van der Waals surface area contributed by atoms with Gasteiger partial charge in [0.1, 0.15) is 5.75 Å². The van der Waals surface area contributed by atoms with Crippen LogP contribution in [0.2, 0.25) is 0 Å². The topological polar surface area (TPSA) is 89.4 Å². The number of rotatable bonds is 4. The highest BCUT2D eigenvalue weighted by Gasteiger charge is 2.28. The van der Waals surface area contributed by atoms with Crippen LogP contribution in [0.3, 0.4) is 0 Å². The molecule has 0 bridgehead atoms. The smallest absolute Gasteiger partial charge is 0.274 e. The molecule has 1 atom stereocenters. The van der Waals surface area contributed by atoms with Crippen molar-refractivity contribution in [1.82, 2.24) is 0 Å². The second-order valence-corrected chi connectivity index (χ2v) is 4.29. The third-order valence-corrected chi connectivity index (χ3v) is 2.89. The summed E-state index contributed by atoms with van der Waals surface area (Å²) < 4.78 is 0. The number of phenols is 1. The Morgan fingerprint density at radius 2 is 2.25 bits per heavy atom. The Labute approximate surface area is 93.0 Å². The van der Waals surface area contributed by atoms with Crippen LogP contribution in [0.5, 0.6) is 5.75 Å². The number of phenolic OH excluding ortho intramolecular Hbond substituents is 1. The van der Waals surface area contributed by atoms with Gasteiger partial charge in [-0.25, -0.2) is 0 Å². The summed E-state index contributed by atoms with van der Waals surface area (Å²) in [6.07, 6.45) is 3.06. The number of benzene rings is 1. The molecular weight excluding hydrogens is 208 g/mol. The van der Waals surface area contributed by atoms with Crippen molar-refractivity contribution in [1.29, 1.82) is 0 Å². The van der Waals surface area contributed by atoms with E-state index in [1.54, 1.807) is 0 Å². The van der Waals surface area contributed by atoms with Gasteiger partial charge in [0, 0.05) is 12.1 Å². The molecule has 0 saturated heterocycles. The number of nitro groups is 1. The zero-order valence-corrected chi connectivity index (χ0v) is 8.80. The van der Waals surface area contributed by atoms with Crippen molar-refractivity contribution < 1.29 is 10.0 Å². The molecule has 3 N–H and O–H groups in total. The summed E-state index contributed by atoms with van der Waals surface area (Å²) in [7, 11) is 0. The minimum absolute atomic E-state index is 0.00838. The molecule has 16 heavy (non-hydrogen) atoms. The lowest BCUT2D eigenvalue weighted by Crippen LogP contribution is -2.13. The fourth-order valence-electron chi connectivity index (χ4n) is 1.84. The molecule has 1 aliphatic rings. The van der Waals surface area contributed by atoms with Gasteiger partial charge in [-0.1, -0.05) is 12.8 Å². The lowest BCUT2D eigenvalue weighted by atomic mass is 10.00. The Morgan fingerprint density at radius 3 is 2.81 bits per heavy atom. The van der Waals surface area contributed by atoms with Gasteiger partial charge in [-0.2, -0.15) is 0 Å². The van der Waals surface area contributed by atoms with E-state index in [9.17, 15) is 15.2 Å². The van der Waals surface area contributed by atoms with Gasteiger partial charge in [0.25, 0.3) is 5.69 Å². The third-order valence-electron chi connectivity index (χ3n) is 2.89. The summed E-state index contributed by atoms with van der Waals surface area (Å²) in [5.41, 5.74) is 6.35. The Kier molecular flexibility index (Phi) is 2.78. The highest BCUT2D eigenvalue weighted by molar-refractivity contribution is 5.46. The number of nitro benzene ring substituents is 1. The number of nitrogens with two attached hydrogens (primary N) is 1. The predicted octanol–water partition coefficient (Wildman–Crippen LogP) is 2.10. The quantitative estimate of drug-likeness (QED) is 0.603. The lowest BCUT2D eigenvalue weighted by Gasteiger charge is -2.11. The lowest BCUT2D eigenvalue weighted by molar-refractivity contribution is -0.385. The second kappa shape index (κ2) is 4.09. The monoisotopic (exact) mass is 222 g/mol. The van der Waals surface area contributed by atoms with Crippen LogP contribution in [-0.4, -0.2) is 10.0 Å². The maximum absolute atomic E-state index is 10.8. The van der Waals surface area contributed by atoms with E-state index in [2.05, 4.69) is 0 Å². The molecule has 5 nitrogen and oxygen atoms in total. The maximum atomic E-state index is 10.8. The molecule has 86 valence electrons. The van der Waals surface area contributed by atoms with Crippen molar-refractivity contribution in [2.75, 3.05) is 0 Å². The van der Waals surface area contributed by atoms with Gasteiger partial charge in [0.15, 0.2) is 0 Å². The van der Waals surface area contributed by atoms with E-state index in [0.29, 0.717) is 11.5 Å². The van der Waals surface area contributed by atoms with E-state index in [1.165, 1.54) is 18.2 Å². The largest absolute Gasteiger partial charge is 0.508 e. The van der Waals surface area contributed by atoms with Crippen LogP contribution in [0.25, 0.3) is 0 Å². The van der Waals surface area contributed by atoms with E-state index in [0.717, 1.165) is 19.3 Å². The molecule has 0 radical (unpaired) electrons. The number of nitrogens with zero attached hydrogens (tertiary/aromatic N) is 1. The zero-order valence-electron chi connectivity index (χ0n) is 8.80. The summed E-state index contributed by atoms with van der Waals surface area (Å²) in [5.74, 6) is 0.615. The molecule has 1 aromatic carbocycles. The van der Waals surface area contributed by atoms with Crippen LogP contribution >= 0.6 is 0 Å². The molecule has 1 aromatic rings. The first-order valence-electron chi connectivity index (χ1n) is 5.31. The summed E-state index contributed by atoms with van der Waals surface area (Å²) in [4.78, 5) is 10.4. The van der Waals surface area contributed by atoms with Crippen LogP contribution in [0.1, 0.15) is 30.9 Å². The summed E-state index contributed by atoms with van der Waals surface area (Å²) in [6, 6.07) is 3.65. The number of hydrogen-bond donors (Lipinski definition) is 2. The maximum Gasteiger partial charge on any atom is 0.274 e. The van der Waals surface area contributed by atoms with Crippen molar-refractivity contribution >= 4 is 5.69 Å². The first-order valence-corrected chi connectivity index (χ1v) is 5.31. The molecule has 0 aromatic heterocycles. The van der Waals surface area contributed by atoms with E-state index in [1.807, 2.05) is 0 Å². The van der Waals surface area contributed by atoms with Gasteiger partial charge < -0.3 is 10.8 Å². The van der Waals surface area contributed by atoms with Crippen molar-refractivity contribution in [3.05, 3.63) is 33.9 Å². The molecule has 5 heteroatoms. The van der Waals surface area contributed by atoms with Gasteiger partial charge in [-0.05, 0) is 24.5 Å². The van der Waals surface area contributed by atoms with Crippen LogP contribution in [0, 0.1) is 16.0 Å². The zero-order chi connectivity index (χ0) is 11.7. The van der Waals surface area contributed by atoms with Crippen LogP contribution in [-0.2, 0) is 0 Å². The summed E-state index contributed by atoms with van der Waals surface area (Å²) in [6.45, 7) is 0. The van der Waals surface area contributed by atoms with Crippen molar-refractivity contribution in [2.45, 2.75) is 25.3 Å². The Morgan fingerprint density at radius 1 is 1.56 bits per heavy atom. The minimum Gasteiger partial charge on any atom is -0.508 e. The van der Waals surface area contributed by atoms with Crippen LogP contribution < -0.4 is 5.73 Å². The highest BCUT2D eigenvalue weighted by atomic mass is 16.6. The third kappa shape index (κ3) is 2.30. The molecule has 1 aliphatic carbocycles. The molecule has 0 unspecified atom stereocenters. The van der Waals surface area contributed by atoms with Gasteiger partial charge in [-0.3, -0.25) is 10.1 Å². The van der Waals surface area contributed by atoms with Gasteiger partial charge in [0.05, 0.1) is 10.5 Å². The average Bonchev–Trinajstić information content (AvgIpc) is 3.01. The number of hydrogen-bond acceptors (Lipinski definition) is 4.